The van der Waals surface area contributed by atoms with Crippen molar-refractivity contribution in [2.24, 2.45) is 11.8 Å². The van der Waals surface area contributed by atoms with Gasteiger partial charge in [-0.1, -0.05) is 6.92 Å². The third-order valence-electron chi connectivity index (χ3n) is 4.43. The zero-order valence-corrected chi connectivity index (χ0v) is 11.5. The second kappa shape index (κ2) is 6.37. The minimum absolute atomic E-state index is 0.00556. The number of fused-ring (bicyclic) bond motifs is 2. The zero-order chi connectivity index (χ0) is 13.8. The molecular weight excluding hydrogens is 244 g/mol. The van der Waals surface area contributed by atoms with Crippen molar-refractivity contribution in [2.45, 2.75) is 57.5 Å². The molecule has 2 rings (SSSR count). The molecule has 0 saturated carbocycles. The molecule has 0 aromatic heterocycles. The number of piperidine rings is 1. The van der Waals surface area contributed by atoms with Crippen molar-refractivity contribution in [3.05, 3.63) is 0 Å². The molecule has 2 saturated heterocycles. The lowest BCUT2D eigenvalue weighted by molar-refractivity contribution is -0.141. The molecule has 5 heteroatoms. The van der Waals surface area contributed by atoms with Gasteiger partial charge in [0.1, 0.15) is 0 Å². The monoisotopic (exact) mass is 268 g/mol. The summed E-state index contributed by atoms with van der Waals surface area (Å²) >= 11 is 0. The summed E-state index contributed by atoms with van der Waals surface area (Å²) in [5, 5.41) is 15.3. The van der Waals surface area contributed by atoms with Crippen LogP contribution in [0.4, 0.5) is 0 Å². The molecule has 2 aliphatic rings. The molecule has 0 spiro atoms. The van der Waals surface area contributed by atoms with Gasteiger partial charge in [-0.05, 0) is 38.0 Å². The summed E-state index contributed by atoms with van der Waals surface area (Å²) in [4.78, 5) is 22.7. The number of carbonyl (C=O) groups is 2. The molecule has 3 N–H and O–H groups in total. The normalized spacial score (nSPS) is 30.9. The third-order valence-corrected chi connectivity index (χ3v) is 4.43. The van der Waals surface area contributed by atoms with Gasteiger partial charge in [0.15, 0.2) is 0 Å². The van der Waals surface area contributed by atoms with Crippen molar-refractivity contribution >= 4 is 11.9 Å². The van der Waals surface area contributed by atoms with Crippen LogP contribution in [0.5, 0.6) is 0 Å². The van der Waals surface area contributed by atoms with Crippen molar-refractivity contribution in [2.75, 3.05) is 6.54 Å². The number of rotatable bonds is 6. The summed E-state index contributed by atoms with van der Waals surface area (Å²) < 4.78 is 0. The summed E-state index contributed by atoms with van der Waals surface area (Å²) in [6.45, 7) is 2.08. The van der Waals surface area contributed by atoms with E-state index in [1.54, 1.807) is 0 Å². The predicted molar refractivity (Wildman–Crippen MR) is 71.7 cm³/mol. The highest BCUT2D eigenvalue weighted by Crippen LogP contribution is 2.32. The van der Waals surface area contributed by atoms with E-state index in [9.17, 15) is 9.59 Å². The molecule has 0 aliphatic carbocycles. The molecule has 2 fully saturated rings. The zero-order valence-electron chi connectivity index (χ0n) is 11.5. The van der Waals surface area contributed by atoms with Crippen LogP contribution in [0.2, 0.25) is 0 Å². The Morgan fingerprint density at radius 1 is 1.32 bits per heavy atom. The SMILES string of the molecule is CCC(CNC(=O)CC1CC2CCC(C1)N2)C(=O)O. The van der Waals surface area contributed by atoms with E-state index in [-0.39, 0.29) is 12.5 Å². The summed E-state index contributed by atoms with van der Waals surface area (Å²) in [6, 6.07) is 1.19. The third kappa shape index (κ3) is 3.93. The fraction of sp³-hybridized carbons (Fsp3) is 0.857. The second-order valence-corrected chi connectivity index (χ2v) is 5.93. The summed E-state index contributed by atoms with van der Waals surface area (Å²) in [5.41, 5.74) is 0. The molecule has 2 heterocycles. The smallest absolute Gasteiger partial charge is 0.308 e. The number of carboxylic acids is 1. The average Bonchev–Trinajstić information content (AvgIpc) is 2.69. The van der Waals surface area contributed by atoms with Crippen molar-refractivity contribution in [1.82, 2.24) is 10.6 Å². The Morgan fingerprint density at radius 2 is 1.95 bits per heavy atom. The number of carboxylic acid groups (broad SMARTS) is 1. The Balaban J connectivity index is 1.71. The van der Waals surface area contributed by atoms with Gasteiger partial charge < -0.3 is 15.7 Å². The average molecular weight is 268 g/mol. The van der Waals surface area contributed by atoms with Crippen molar-refractivity contribution in [3.63, 3.8) is 0 Å². The fourth-order valence-corrected chi connectivity index (χ4v) is 3.32. The predicted octanol–water partition coefficient (Wildman–Crippen LogP) is 1.13. The molecule has 3 unspecified atom stereocenters. The van der Waals surface area contributed by atoms with E-state index in [1.807, 2.05) is 6.92 Å². The molecule has 2 aliphatic heterocycles. The van der Waals surface area contributed by atoms with Crippen molar-refractivity contribution in [1.29, 1.82) is 0 Å². The van der Waals surface area contributed by atoms with Gasteiger partial charge in [-0.15, -0.1) is 0 Å². The summed E-state index contributed by atoms with van der Waals surface area (Å²) in [7, 11) is 0. The van der Waals surface area contributed by atoms with Crippen LogP contribution in [-0.4, -0.2) is 35.6 Å². The molecule has 5 nitrogen and oxygen atoms in total. The topological polar surface area (TPSA) is 78.4 Å². The van der Waals surface area contributed by atoms with Gasteiger partial charge in [-0.2, -0.15) is 0 Å². The van der Waals surface area contributed by atoms with Gasteiger partial charge >= 0.3 is 5.97 Å². The summed E-state index contributed by atoms with van der Waals surface area (Å²) in [5.74, 6) is -0.828. The minimum atomic E-state index is -0.831. The maximum Gasteiger partial charge on any atom is 0.308 e. The number of hydrogen-bond acceptors (Lipinski definition) is 3. The molecule has 0 aromatic rings. The first-order valence-corrected chi connectivity index (χ1v) is 7.34. The van der Waals surface area contributed by atoms with Gasteiger partial charge in [0.25, 0.3) is 0 Å². The lowest BCUT2D eigenvalue weighted by Gasteiger charge is -2.28. The number of nitrogens with one attached hydrogen (secondary N) is 2. The molecule has 3 atom stereocenters. The van der Waals surface area contributed by atoms with E-state index in [4.69, 9.17) is 5.11 Å². The van der Waals surface area contributed by atoms with E-state index in [2.05, 4.69) is 10.6 Å². The highest BCUT2D eigenvalue weighted by Gasteiger charge is 2.34. The first kappa shape index (κ1) is 14.3. The van der Waals surface area contributed by atoms with Gasteiger partial charge in [0.05, 0.1) is 5.92 Å². The number of hydrogen-bond donors (Lipinski definition) is 3. The highest BCUT2D eigenvalue weighted by atomic mass is 16.4. The quantitative estimate of drug-likeness (QED) is 0.675. The molecule has 19 heavy (non-hydrogen) atoms. The van der Waals surface area contributed by atoms with Crippen LogP contribution in [0.25, 0.3) is 0 Å². The molecule has 1 amide bonds. The number of amides is 1. The first-order chi connectivity index (χ1) is 9.08. The van der Waals surface area contributed by atoms with Crippen LogP contribution >= 0.6 is 0 Å². The maximum absolute atomic E-state index is 11.9. The molecular formula is C14H24N2O3. The van der Waals surface area contributed by atoms with E-state index in [1.165, 1.54) is 12.8 Å². The maximum atomic E-state index is 11.9. The van der Waals surface area contributed by atoms with Gasteiger partial charge in [-0.3, -0.25) is 9.59 Å². The van der Waals surface area contributed by atoms with Gasteiger partial charge in [0.2, 0.25) is 5.91 Å². The minimum Gasteiger partial charge on any atom is -0.481 e. The van der Waals surface area contributed by atoms with Crippen LogP contribution in [0.1, 0.15) is 45.4 Å². The van der Waals surface area contributed by atoms with Gasteiger partial charge in [0, 0.05) is 25.0 Å². The van der Waals surface area contributed by atoms with Crippen LogP contribution in [0, 0.1) is 11.8 Å². The van der Waals surface area contributed by atoms with Gasteiger partial charge in [-0.25, -0.2) is 0 Å². The largest absolute Gasteiger partial charge is 0.481 e. The van der Waals surface area contributed by atoms with Crippen molar-refractivity contribution < 1.29 is 14.7 Å². The standard InChI is InChI=1S/C14H24N2O3/c1-2-10(14(18)19)8-15-13(17)7-9-5-11-3-4-12(6-9)16-11/h9-12,16H,2-8H2,1H3,(H,15,17)(H,18,19). The lowest BCUT2D eigenvalue weighted by atomic mass is 9.89. The van der Waals surface area contributed by atoms with Crippen LogP contribution in [-0.2, 0) is 9.59 Å². The molecule has 108 valence electrons. The van der Waals surface area contributed by atoms with E-state index in [0.717, 1.165) is 12.8 Å². The Labute approximate surface area is 114 Å². The van der Waals surface area contributed by atoms with Crippen molar-refractivity contribution in [3.8, 4) is 0 Å². The van der Waals surface area contributed by atoms with Crippen LogP contribution in [0.3, 0.4) is 0 Å². The Hall–Kier alpha value is -1.10. The Kier molecular flexibility index (Phi) is 4.80. The van der Waals surface area contributed by atoms with E-state index >= 15 is 0 Å². The Bertz CT molecular complexity index is 334. The highest BCUT2D eigenvalue weighted by molar-refractivity contribution is 5.77. The first-order valence-electron chi connectivity index (χ1n) is 7.34. The molecule has 2 bridgehead atoms. The molecule has 0 aromatic carbocycles. The van der Waals surface area contributed by atoms with Crippen LogP contribution in [0.15, 0.2) is 0 Å². The second-order valence-electron chi connectivity index (χ2n) is 5.93. The van der Waals surface area contributed by atoms with Crippen LogP contribution < -0.4 is 10.6 Å². The Morgan fingerprint density at radius 3 is 2.47 bits per heavy atom. The number of carbonyl (C=O) groups excluding carboxylic acids is 1. The molecule has 0 radical (unpaired) electrons. The van der Waals surface area contributed by atoms with E-state index in [0.29, 0.717) is 30.8 Å². The summed E-state index contributed by atoms with van der Waals surface area (Å²) in [6.07, 6.45) is 5.73. The number of aliphatic carboxylic acids is 1. The fourth-order valence-electron chi connectivity index (χ4n) is 3.32. The van der Waals surface area contributed by atoms with E-state index < -0.39 is 11.9 Å². The lowest BCUT2D eigenvalue weighted by Crippen LogP contribution is -2.40.